The molecule has 0 spiro atoms. The number of hydrogen-bond donors (Lipinski definition) is 3. The first-order valence-corrected chi connectivity index (χ1v) is 9.95. The van der Waals surface area contributed by atoms with E-state index in [9.17, 15) is 4.79 Å². The van der Waals surface area contributed by atoms with E-state index < -0.39 is 11.7 Å². The quantitative estimate of drug-likeness (QED) is 0.401. The van der Waals surface area contributed by atoms with Crippen molar-refractivity contribution >= 4 is 29.1 Å². The lowest BCUT2D eigenvalue weighted by molar-refractivity contribution is 0.0529. The maximum atomic E-state index is 11.5. The first-order chi connectivity index (χ1) is 12.8. The van der Waals surface area contributed by atoms with E-state index >= 15 is 0 Å². The van der Waals surface area contributed by atoms with Gasteiger partial charge in [-0.1, -0.05) is 26.2 Å². The van der Waals surface area contributed by atoms with Gasteiger partial charge in [0.25, 0.3) is 0 Å². The summed E-state index contributed by atoms with van der Waals surface area (Å²) in [4.78, 5) is 11.5. The molecule has 0 bridgehead atoms. The summed E-state index contributed by atoms with van der Waals surface area (Å²) in [6.07, 6.45) is 4.33. The lowest BCUT2D eigenvalue weighted by Gasteiger charge is -2.19. The third-order valence-electron chi connectivity index (χ3n) is 3.46. The molecule has 27 heavy (non-hydrogen) atoms. The molecule has 0 heterocycles. The van der Waals surface area contributed by atoms with E-state index in [0.29, 0.717) is 18.2 Å². The van der Waals surface area contributed by atoms with E-state index in [1.807, 2.05) is 45.0 Å². The Balaban J connectivity index is 2.20. The number of carbonyl (C=O) groups is 1. The summed E-state index contributed by atoms with van der Waals surface area (Å²) in [5.41, 5.74) is 0.380. The van der Waals surface area contributed by atoms with Crippen molar-refractivity contribution in [3.05, 3.63) is 24.3 Å². The number of amides is 1. The topological polar surface area (TPSA) is 71.6 Å². The Labute approximate surface area is 168 Å². The van der Waals surface area contributed by atoms with E-state index in [-0.39, 0.29) is 0 Å². The van der Waals surface area contributed by atoms with E-state index in [0.717, 1.165) is 24.5 Å². The highest BCUT2D eigenvalue weighted by Gasteiger charge is 2.15. The molecule has 7 heteroatoms. The third-order valence-corrected chi connectivity index (χ3v) is 3.70. The minimum atomic E-state index is -0.500. The highest BCUT2D eigenvalue weighted by Crippen LogP contribution is 2.16. The average molecular weight is 396 g/mol. The van der Waals surface area contributed by atoms with Gasteiger partial charge in [0.1, 0.15) is 11.4 Å². The van der Waals surface area contributed by atoms with Crippen LogP contribution in [0.2, 0.25) is 0 Å². The molecule has 0 radical (unpaired) electrons. The molecular weight excluding hydrogens is 362 g/mol. The van der Waals surface area contributed by atoms with Crippen LogP contribution >= 0.6 is 12.2 Å². The van der Waals surface area contributed by atoms with E-state index in [4.69, 9.17) is 21.7 Å². The Morgan fingerprint density at radius 1 is 1.04 bits per heavy atom. The van der Waals surface area contributed by atoms with E-state index in [1.54, 1.807) is 0 Å². The lowest BCUT2D eigenvalue weighted by atomic mass is 10.2. The minimum Gasteiger partial charge on any atom is -0.494 e. The summed E-state index contributed by atoms with van der Waals surface area (Å²) in [5.74, 6) is 0.859. The number of thiocarbonyl (C=S) groups is 1. The van der Waals surface area contributed by atoms with Crippen molar-refractivity contribution in [2.24, 2.45) is 0 Å². The molecule has 0 saturated carbocycles. The zero-order chi connectivity index (χ0) is 20.1. The second-order valence-corrected chi connectivity index (χ2v) is 7.65. The molecule has 152 valence electrons. The summed E-state index contributed by atoms with van der Waals surface area (Å²) in [6.45, 7) is 9.35. The Morgan fingerprint density at radius 2 is 1.70 bits per heavy atom. The molecule has 1 aromatic carbocycles. The van der Waals surface area contributed by atoms with Crippen LogP contribution in [0.15, 0.2) is 24.3 Å². The van der Waals surface area contributed by atoms with Gasteiger partial charge in [0.2, 0.25) is 0 Å². The zero-order valence-electron chi connectivity index (χ0n) is 16.9. The number of ether oxygens (including phenoxy) is 2. The SMILES string of the molecule is CCCCCCOc1ccc(NC(=S)NCCNC(=O)OC(C)(C)C)cc1. The Kier molecular flexibility index (Phi) is 10.6. The molecule has 0 aromatic heterocycles. The summed E-state index contributed by atoms with van der Waals surface area (Å²) in [5, 5.41) is 9.30. The Bertz CT molecular complexity index is 571. The summed E-state index contributed by atoms with van der Waals surface area (Å²) < 4.78 is 10.9. The van der Waals surface area contributed by atoms with Crippen LogP contribution in [0.3, 0.4) is 0 Å². The second-order valence-electron chi connectivity index (χ2n) is 7.24. The highest BCUT2D eigenvalue weighted by molar-refractivity contribution is 7.80. The first kappa shape index (κ1) is 23.0. The predicted molar refractivity (Wildman–Crippen MR) is 115 cm³/mol. The van der Waals surface area contributed by atoms with Gasteiger partial charge in [0, 0.05) is 18.8 Å². The van der Waals surface area contributed by atoms with Crippen molar-refractivity contribution in [2.75, 3.05) is 25.0 Å². The van der Waals surface area contributed by atoms with Crippen LogP contribution in [0.4, 0.5) is 10.5 Å². The molecule has 1 rings (SSSR count). The maximum Gasteiger partial charge on any atom is 0.407 e. The van der Waals surface area contributed by atoms with Crippen LogP contribution in [-0.4, -0.2) is 36.5 Å². The smallest absolute Gasteiger partial charge is 0.407 e. The van der Waals surface area contributed by atoms with Gasteiger partial charge >= 0.3 is 6.09 Å². The second kappa shape index (κ2) is 12.4. The Morgan fingerprint density at radius 3 is 2.33 bits per heavy atom. The van der Waals surface area contributed by atoms with Crippen molar-refractivity contribution in [3.63, 3.8) is 0 Å². The maximum absolute atomic E-state index is 11.5. The lowest BCUT2D eigenvalue weighted by Crippen LogP contribution is -2.39. The fourth-order valence-corrected chi connectivity index (χ4v) is 2.40. The van der Waals surface area contributed by atoms with Crippen LogP contribution in [-0.2, 0) is 4.74 Å². The Hall–Kier alpha value is -2.02. The van der Waals surface area contributed by atoms with Crippen molar-refractivity contribution in [1.29, 1.82) is 0 Å². The van der Waals surface area contributed by atoms with Crippen molar-refractivity contribution in [3.8, 4) is 5.75 Å². The number of carbonyl (C=O) groups excluding carboxylic acids is 1. The van der Waals surface area contributed by atoms with Crippen LogP contribution in [0.1, 0.15) is 53.4 Å². The molecule has 0 aliphatic heterocycles. The molecule has 0 atom stereocenters. The number of rotatable bonds is 10. The van der Waals surface area contributed by atoms with Gasteiger partial charge in [-0.3, -0.25) is 0 Å². The highest BCUT2D eigenvalue weighted by atomic mass is 32.1. The number of hydrogen-bond acceptors (Lipinski definition) is 4. The predicted octanol–water partition coefficient (Wildman–Crippen LogP) is 4.46. The van der Waals surface area contributed by atoms with Gasteiger partial charge in [-0.05, 0) is 63.7 Å². The fraction of sp³-hybridized carbons (Fsp3) is 0.600. The summed E-state index contributed by atoms with van der Waals surface area (Å²) in [7, 11) is 0. The number of benzene rings is 1. The molecule has 0 saturated heterocycles. The summed E-state index contributed by atoms with van der Waals surface area (Å²) in [6, 6.07) is 7.70. The molecule has 6 nitrogen and oxygen atoms in total. The molecule has 0 aliphatic carbocycles. The van der Waals surface area contributed by atoms with E-state index in [1.165, 1.54) is 19.3 Å². The minimum absolute atomic E-state index is 0.418. The van der Waals surface area contributed by atoms with Crippen molar-refractivity contribution in [1.82, 2.24) is 10.6 Å². The molecular formula is C20H33N3O3S. The fourth-order valence-electron chi connectivity index (χ4n) is 2.18. The largest absolute Gasteiger partial charge is 0.494 e. The number of anilines is 1. The first-order valence-electron chi connectivity index (χ1n) is 9.54. The van der Waals surface area contributed by atoms with E-state index in [2.05, 4.69) is 22.9 Å². The monoisotopic (exact) mass is 395 g/mol. The van der Waals surface area contributed by atoms with Crippen LogP contribution in [0, 0.1) is 0 Å². The van der Waals surface area contributed by atoms with Crippen LogP contribution in [0.5, 0.6) is 5.75 Å². The van der Waals surface area contributed by atoms with Crippen molar-refractivity contribution in [2.45, 2.75) is 59.0 Å². The van der Waals surface area contributed by atoms with Gasteiger partial charge in [0.15, 0.2) is 5.11 Å². The standard InChI is InChI=1S/C20H33N3O3S/c1-5-6-7-8-15-25-17-11-9-16(10-12-17)23-18(27)21-13-14-22-19(24)26-20(2,3)4/h9-12H,5-8,13-15H2,1-4H3,(H,22,24)(H2,21,23,27). The van der Waals surface area contributed by atoms with Crippen molar-refractivity contribution < 1.29 is 14.3 Å². The molecule has 1 amide bonds. The molecule has 0 fully saturated rings. The van der Waals surface area contributed by atoms with Gasteiger partial charge in [0.05, 0.1) is 6.61 Å². The average Bonchev–Trinajstić information content (AvgIpc) is 2.58. The zero-order valence-corrected chi connectivity index (χ0v) is 17.7. The van der Waals surface area contributed by atoms with Crippen LogP contribution < -0.4 is 20.7 Å². The normalized spacial score (nSPS) is 10.8. The number of alkyl carbamates (subject to hydrolysis) is 1. The molecule has 1 aromatic rings. The number of nitrogens with one attached hydrogen (secondary N) is 3. The van der Waals surface area contributed by atoms with Gasteiger partial charge in [-0.2, -0.15) is 0 Å². The van der Waals surface area contributed by atoms with Gasteiger partial charge in [-0.15, -0.1) is 0 Å². The number of unbranched alkanes of at least 4 members (excludes halogenated alkanes) is 3. The van der Waals surface area contributed by atoms with Gasteiger partial charge < -0.3 is 25.4 Å². The third kappa shape index (κ3) is 12.1. The summed E-state index contributed by atoms with van der Waals surface area (Å²) >= 11 is 5.25. The van der Waals surface area contributed by atoms with Crippen LogP contribution in [0.25, 0.3) is 0 Å². The molecule has 0 aliphatic rings. The molecule has 3 N–H and O–H groups in total. The van der Waals surface area contributed by atoms with Gasteiger partial charge in [-0.25, -0.2) is 4.79 Å². The molecule has 0 unspecified atom stereocenters.